The van der Waals surface area contributed by atoms with Crippen LogP contribution < -0.4 is 0 Å². The lowest BCUT2D eigenvalue weighted by Crippen LogP contribution is -2.48. The van der Waals surface area contributed by atoms with Crippen LogP contribution in [0.2, 0.25) is 0 Å². The summed E-state index contributed by atoms with van der Waals surface area (Å²) in [5.41, 5.74) is 0. The van der Waals surface area contributed by atoms with Crippen LogP contribution in [0, 0.1) is 5.92 Å². The molecule has 0 aromatic rings. The normalized spacial score (nSPS) is 27.1. The first-order valence-corrected chi connectivity index (χ1v) is 9.26. The fraction of sp³-hybridized carbons (Fsp3) is 0.944. The lowest BCUT2D eigenvalue weighted by Gasteiger charge is -2.37. The fourth-order valence-electron chi connectivity index (χ4n) is 4.23. The van der Waals surface area contributed by atoms with Gasteiger partial charge in [0.2, 0.25) is 5.91 Å². The number of hydrogen-bond acceptors (Lipinski definition) is 3. The van der Waals surface area contributed by atoms with Crippen molar-refractivity contribution < 1.29 is 9.90 Å². The maximum absolute atomic E-state index is 12.7. The van der Waals surface area contributed by atoms with E-state index < -0.39 is 0 Å². The number of carbonyl (C=O) groups excluding carboxylic acids is 1. The Morgan fingerprint density at radius 3 is 2.18 bits per heavy atom. The van der Waals surface area contributed by atoms with Crippen LogP contribution >= 0.6 is 0 Å². The second kappa shape index (κ2) is 8.88. The molecule has 22 heavy (non-hydrogen) atoms. The van der Waals surface area contributed by atoms with Gasteiger partial charge in [-0.1, -0.05) is 19.3 Å². The number of likely N-dealkylation sites (N-methyl/N-ethyl adjacent to an activating group) is 2. The highest BCUT2D eigenvalue weighted by molar-refractivity contribution is 5.78. The van der Waals surface area contributed by atoms with Gasteiger partial charge in [-0.05, 0) is 58.4 Å². The van der Waals surface area contributed by atoms with Gasteiger partial charge in [0.1, 0.15) is 0 Å². The van der Waals surface area contributed by atoms with Gasteiger partial charge in [-0.2, -0.15) is 0 Å². The molecule has 4 heteroatoms. The third kappa shape index (κ3) is 4.69. The van der Waals surface area contributed by atoms with Crippen molar-refractivity contribution in [1.82, 2.24) is 9.80 Å². The number of amides is 1. The zero-order chi connectivity index (χ0) is 15.9. The van der Waals surface area contributed by atoms with Crippen LogP contribution in [0.3, 0.4) is 0 Å². The topological polar surface area (TPSA) is 43.8 Å². The van der Waals surface area contributed by atoms with Crippen molar-refractivity contribution in [3.63, 3.8) is 0 Å². The van der Waals surface area contributed by atoms with Gasteiger partial charge in [0.15, 0.2) is 0 Å². The second-order valence-corrected chi connectivity index (χ2v) is 7.24. The standard InChI is InChI=1S/C18H34N2O2/c1-3-20(17-7-5-4-6-8-17)18(22)13-19(2)16-11-9-15(14-21)10-12-16/h15-17,21H,3-14H2,1-2H3. The number of nitrogens with zero attached hydrogens (tertiary/aromatic N) is 2. The minimum Gasteiger partial charge on any atom is -0.396 e. The molecular weight excluding hydrogens is 276 g/mol. The van der Waals surface area contributed by atoms with Crippen molar-refractivity contribution in [2.75, 3.05) is 26.7 Å². The summed E-state index contributed by atoms with van der Waals surface area (Å²) in [5, 5.41) is 9.24. The molecule has 1 N–H and O–H groups in total. The average molecular weight is 310 g/mol. The predicted molar refractivity (Wildman–Crippen MR) is 89.7 cm³/mol. The van der Waals surface area contributed by atoms with Crippen molar-refractivity contribution in [3.8, 4) is 0 Å². The third-order valence-electron chi connectivity index (χ3n) is 5.76. The van der Waals surface area contributed by atoms with Gasteiger partial charge in [0, 0.05) is 25.2 Å². The molecule has 2 rings (SSSR count). The highest BCUT2D eigenvalue weighted by atomic mass is 16.3. The molecule has 2 aliphatic rings. The van der Waals surface area contributed by atoms with E-state index in [4.69, 9.17) is 0 Å². The minimum atomic E-state index is 0.307. The molecule has 0 heterocycles. The van der Waals surface area contributed by atoms with E-state index in [1.54, 1.807) is 0 Å². The van der Waals surface area contributed by atoms with Gasteiger partial charge in [-0.15, -0.1) is 0 Å². The van der Waals surface area contributed by atoms with Crippen LogP contribution in [0.1, 0.15) is 64.7 Å². The molecule has 0 saturated heterocycles. The Hall–Kier alpha value is -0.610. The lowest BCUT2D eigenvalue weighted by molar-refractivity contribution is -0.135. The maximum Gasteiger partial charge on any atom is 0.236 e. The first-order valence-electron chi connectivity index (χ1n) is 9.26. The molecule has 2 saturated carbocycles. The molecule has 0 unspecified atom stereocenters. The molecule has 0 aliphatic heterocycles. The fourth-order valence-corrected chi connectivity index (χ4v) is 4.23. The zero-order valence-electron chi connectivity index (χ0n) is 14.5. The molecule has 0 atom stereocenters. The SMILES string of the molecule is CCN(C(=O)CN(C)C1CCC(CO)CC1)C1CCCCC1. The molecule has 0 spiro atoms. The van der Waals surface area contributed by atoms with E-state index in [9.17, 15) is 9.90 Å². The van der Waals surface area contributed by atoms with Gasteiger partial charge < -0.3 is 10.0 Å². The summed E-state index contributed by atoms with van der Waals surface area (Å²) >= 11 is 0. The Morgan fingerprint density at radius 1 is 1.00 bits per heavy atom. The van der Waals surface area contributed by atoms with Gasteiger partial charge in [0.25, 0.3) is 0 Å². The summed E-state index contributed by atoms with van der Waals surface area (Å²) in [5.74, 6) is 0.788. The molecule has 0 radical (unpaired) electrons. The molecule has 2 fully saturated rings. The maximum atomic E-state index is 12.7. The Balaban J connectivity index is 1.81. The Morgan fingerprint density at radius 2 is 1.64 bits per heavy atom. The van der Waals surface area contributed by atoms with Crippen LogP contribution in [-0.2, 0) is 4.79 Å². The number of hydrogen-bond donors (Lipinski definition) is 1. The molecule has 0 bridgehead atoms. The molecule has 4 nitrogen and oxygen atoms in total. The summed E-state index contributed by atoms with van der Waals surface area (Å²) in [6.45, 7) is 3.83. The minimum absolute atomic E-state index is 0.307. The second-order valence-electron chi connectivity index (χ2n) is 7.24. The zero-order valence-corrected chi connectivity index (χ0v) is 14.5. The van der Waals surface area contributed by atoms with E-state index in [2.05, 4.69) is 23.8 Å². The summed E-state index contributed by atoms with van der Waals surface area (Å²) in [7, 11) is 2.09. The highest BCUT2D eigenvalue weighted by Gasteiger charge is 2.28. The molecule has 1 amide bonds. The molecule has 128 valence electrons. The Kier molecular flexibility index (Phi) is 7.16. The van der Waals surface area contributed by atoms with Crippen molar-refractivity contribution in [2.24, 2.45) is 5.92 Å². The van der Waals surface area contributed by atoms with Gasteiger partial charge in [0.05, 0.1) is 6.54 Å². The summed E-state index contributed by atoms with van der Waals surface area (Å²) in [4.78, 5) is 17.1. The molecule has 0 aromatic heterocycles. The van der Waals surface area contributed by atoms with Crippen molar-refractivity contribution >= 4 is 5.91 Å². The van der Waals surface area contributed by atoms with Crippen LogP contribution in [0.25, 0.3) is 0 Å². The quantitative estimate of drug-likeness (QED) is 0.820. The number of aliphatic hydroxyl groups is 1. The van der Waals surface area contributed by atoms with Gasteiger partial charge in [-0.25, -0.2) is 0 Å². The van der Waals surface area contributed by atoms with Gasteiger partial charge in [-0.3, -0.25) is 9.69 Å². The Labute approximate surface area is 135 Å². The van der Waals surface area contributed by atoms with E-state index in [1.807, 2.05) is 0 Å². The smallest absolute Gasteiger partial charge is 0.236 e. The first kappa shape index (κ1) is 17.7. The number of rotatable bonds is 6. The van der Waals surface area contributed by atoms with Crippen molar-refractivity contribution in [2.45, 2.75) is 76.8 Å². The summed E-state index contributed by atoms with van der Waals surface area (Å²) < 4.78 is 0. The van der Waals surface area contributed by atoms with E-state index >= 15 is 0 Å². The number of aliphatic hydroxyl groups excluding tert-OH is 1. The van der Waals surface area contributed by atoms with E-state index in [0.717, 1.165) is 32.2 Å². The van der Waals surface area contributed by atoms with Crippen LogP contribution in [0.15, 0.2) is 0 Å². The summed E-state index contributed by atoms with van der Waals surface area (Å²) in [6, 6.07) is 0.988. The molecule has 0 aromatic carbocycles. The first-order chi connectivity index (χ1) is 10.7. The van der Waals surface area contributed by atoms with Crippen molar-refractivity contribution in [3.05, 3.63) is 0 Å². The van der Waals surface area contributed by atoms with E-state index in [1.165, 1.54) is 32.1 Å². The molecule has 2 aliphatic carbocycles. The monoisotopic (exact) mass is 310 g/mol. The van der Waals surface area contributed by atoms with E-state index in [0.29, 0.717) is 37.1 Å². The average Bonchev–Trinajstić information content (AvgIpc) is 2.56. The highest BCUT2D eigenvalue weighted by Crippen LogP contribution is 2.27. The Bertz CT molecular complexity index is 334. The predicted octanol–water partition coefficient (Wildman–Crippen LogP) is 2.65. The van der Waals surface area contributed by atoms with E-state index in [-0.39, 0.29) is 0 Å². The van der Waals surface area contributed by atoms with Gasteiger partial charge >= 0.3 is 0 Å². The number of carbonyl (C=O) groups is 1. The lowest BCUT2D eigenvalue weighted by atomic mass is 9.86. The largest absolute Gasteiger partial charge is 0.396 e. The van der Waals surface area contributed by atoms with Crippen LogP contribution in [0.5, 0.6) is 0 Å². The van der Waals surface area contributed by atoms with Crippen LogP contribution in [0.4, 0.5) is 0 Å². The van der Waals surface area contributed by atoms with Crippen LogP contribution in [-0.4, -0.2) is 59.6 Å². The third-order valence-corrected chi connectivity index (χ3v) is 5.76. The molecular formula is C18H34N2O2. The van der Waals surface area contributed by atoms with Crippen molar-refractivity contribution in [1.29, 1.82) is 0 Å². The summed E-state index contributed by atoms with van der Waals surface area (Å²) in [6.07, 6.45) is 10.7.